The number of nitrogens with zero attached hydrogens (tertiary/aromatic N) is 3. The number of ether oxygens (including phenoxy) is 1. The molecular weight excluding hydrogens is 216 g/mol. The molecule has 0 amide bonds. The second kappa shape index (κ2) is 5.93. The van der Waals surface area contributed by atoms with Crippen LogP contribution in [0.2, 0.25) is 0 Å². The molecule has 0 aliphatic carbocycles. The van der Waals surface area contributed by atoms with E-state index in [0.717, 1.165) is 44.0 Å². The number of nitrogens with two attached hydrogens (primary N) is 1. The predicted octanol–water partition coefficient (Wildman–Crippen LogP) is 0.593. The summed E-state index contributed by atoms with van der Waals surface area (Å²) < 4.78 is 5.63. The first-order valence-electron chi connectivity index (χ1n) is 6.21. The topological polar surface area (TPSA) is 64.3 Å². The molecule has 0 saturated carbocycles. The lowest BCUT2D eigenvalue weighted by molar-refractivity contribution is 0.0379. The van der Waals surface area contributed by atoms with Gasteiger partial charge in [0.05, 0.1) is 12.7 Å². The highest BCUT2D eigenvalue weighted by Gasteiger charge is 2.20. The Bertz CT molecular complexity index is 341. The van der Waals surface area contributed by atoms with Gasteiger partial charge >= 0.3 is 0 Å². The van der Waals surface area contributed by atoms with Crippen molar-refractivity contribution < 1.29 is 4.74 Å². The molecule has 1 aliphatic heterocycles. The summed E-state index contributed by atoms with van der Waals surface area (Å²) in [7, 11) is 0. The van der Waals surface area contributed by atoms with Gasteiger partial charge in [-0.3, -0.25) is 0 Å². The van der Waals surface area contributed by atoms with E-state index in [0.29, 0.717) is 12.6 Å². The van der Waals surface area contributed by atoms with Crippen LogP contribution >= 0.6 is 0 Å². The summed E-state index contributed by atoms with van der Waals surface area (Å²) in [5, 5.41) is 0. The fourth-order valence-electron chi connectivity index (χ4n) is 1.95. The van der Waals surface area contributed by atoms with Crippen LogP contribution in [0.5, 0.6) is 0 Å². The monoisotopic (exact) mass is 236 g/mol. The molecule has 17 heavy (non-hydrogen) atoms. The molecule has 1 aromatic rings. The van der Waals surface area contributed by atoms with Crippen LogP contribution in [0.15, 0.2) is 12.4 Å². The van der Waals surface area contributed by atoms with Crippen molar-refractivity contribution in [1.29, 1.82) is 0 Å². The van der Waals surface area contributed by atoms with Gasteiger partial charge < -0.3 is 15.4 Å². The normalized spacial score (nSPS) is 20.6. The molecule has 5 heteroatoms. The van der Waals surface area contributed by atoms with Gasteiger partial charge in [0.2, 0.25) is 5.95 Å². The van der Waals surface area contributed by atoms with E-state index in [9.17, 15) is 0 Å². The van der Waals surface area contributed by atoms with Crippen LogP contribution in [0.4, 0.5) is 5.95 Å². The molecule has 0 aromatic carbocycles. The number of morpholine rings is 1. The van der Waals surface area contributed by atoms with Gasteiger partial charge in [-0.2, -0.15) is 0 Å². The first-order chi connectivity index (χ1) is 8.33. The van der Waals surface area contributed by atoms with Gasteiger partial charge in [-0.05, 0) is 24.9 Å². The second-order valence-electron chi connectivity index (χ2n) is 4.28. The average molecular weight is 236 g/mol. The highest BCUT2D eigenvalue weighted by Crippen LogP contribution is 2.14. The maximum Gasteiger partial charge on any atom is 0.225 e. The summed E-state index contributed by atoms with van der Waals surface area (Å²) >= 11 is 0. The summed E-state index contributed by atoms with van der Waals surface area (Å²) in [5.74, 6) is 0.799. The van der Waals surface area contributed by atoms with Crippen LogP contribution in [0.3, 0.4) is 0 Å². The molecule has 0 bridgehead atoms. The third-order valence-electron chi connectivity index (χ3n) is 3.00. The molecule has 5 nitrogen and oxygen atoms in total. The van der Waals surface area contributed by atoms with E-state index in [1.807, 2.05) is 12.4 Å². The quantitative estimate of drug-likeness (QED) is 0.829. The van der Waals surface area contributed by atoms with Crippen LogP contribution < -0.4 is 10.6 Å². The smallest absolute Gasteiger partial charge is 0.225 e. The first kappa shape index (κ1) is 12.3. The maximum atomic E-state index is 5.63. The average Bonchev–Trinajstić information content (AvgIpc) is 2.40. The van der Waals surface area contributed by atoms with E-state index in [4.69, 9.17) is 10.5 Å². The Morgan fingerprint density at radius 3 is 2.88 bits per heavy atom. The van der Waals surface area contributed by atoms with Gasteiger partial charge in [0, 0.05) is 25.5 Å². The molecular formula is C12H20N4O. The Kier molecular flexibility index (Phi) is 4.28. The molecule has 1 fully saturated rings. The fourth-order valence-corrected chi connectivity index (χ4v) is 1.95. The largest absolute Gasteiger partial charge is 0.375 e. The molecule has 1 saturated heterocycles. The van der Waals surface area contributed by atoms with E-state index in [1.54, 1.807) is 0 Å². The summed E-state index contributed by atoms with van der Waals surface area (Å²) in [6.45, 7) is 5.28. The second-order valence-corrected chi connectivity index (χ2v) is 4.28. The van der Waals surface area contributed by atoms with E-state index >= 15 is 0 Å². The Balaban J connectivity index is 2.01. The number of anilines is 1. The minimum atomic E-state index is 0.302. The molecule has 2 N–H and O–H groups in total. The van der Waals surface area contributed by atoms with Gasteiger partial charge in [0.25, 0.3) is 0 Å². The third-order valence-corrected chi connectivity index (χ3v) is 3.00. The lowest BCUT2D eigenvalue weighted by atomic mass is 10.2. The van der Waals surface area contributed by atoms with Gasteiger partial charge in [0.15, 0.2) is 0 Å². The van der Waals surface area contributed by atoms with Crippen molar-refractivity contribution in [1.82, 2.24) is 9.97 Å². The summed E-state index contributed by atoms with van der Waals surface area (Å²) in [6, 6.07) is 0. The first-order valence-corrected chi connectivity index (χ1v) is 6.21. The van der Waals surface area contributed by atoms with Crippen LogP contribution in [-0.2, 0) is 11.2 Å². The molecule has 0 spiro atoms. The van der Waals surface area contributed by atoms with E-state index < -0.39 is 0 Å². The lowest BCUT2D eigenvalue weighted by Gasteiger charge is -2.32. The summed E-state index contributed by atoms with van der Waals surface area (Å²) in [5.41, 5.74) is 6.59. The van der Waals surface area contributed by atoms with Crippen LogP contribution in [0.1, 0.15) is 18.9 Å². The molecule has 1 atom stereocenters. The minimum absolute atomic E-state index is 0.302. The molecule has 0 radical (unpaired) electrons. The van der Waals surface area contributed by atoms with Crippen LogP contribution in [0.25, 0.3) is 0 Å². The van der Waals surface area contributed by atoms with Gasteiger partial charge in [0.1, 0.15) is 0 Å². The lowest BCUT2D eigenvalue weighted by Crippen LogP contribution is -2.43. The van der Waals surface area contributed by atoms with E-state index in [2.05, 4.69) is 21.8 Å². The highest BCUT2D eigenvalue weighted by atomic mass is 16.5. The molecule has 1 aliphatic rings. The Hall–Kier alpha value is -1.20. The SMILES string of the molecule is CCC1CN(c2ncc(CCN)cn2)CCO1. The standard InChI is InChI=1S/C12H20N4O/c1-2-11-9-16(5-6-17-11)12-14-7-10(3-4-13)8-15-12/h7-8,11H,2-6,9,13H2,1H3. The summed E-state index contributed by atoms with van der Waals surface area (Å²) in [6.07, 6.45) is 5.90. The van der Waals surface area contributed by atoms with Crippen molar-refractivity contribution in [2.24, 2.45) is 5.73 Å². The number of hydrogen-bond acceptors (Lipinski definition) is 5. The van der Waals surface area contributed by atoms with Crippen molar-refractivity contribution in [3.05, 3.63) is 18.0 Å². The van der Waals surface area contributed by atoms with Crippen molar-refractivity contribution in [2.45, 2.75) is 25.9 Å². The Morgan fingerprint density at radius 1 is 1.47 bits per heavy atom. The maximum absolute atomic E-state index is 5.63. The zero-order chi connectivity index (χ0) is 12.1. The van der Waals surface area contributed by atoms with E-state index in [-0.39, 0.29) is 0 Å². The highest BCUT2D eigenvalue weighted by molar-refractivity contribution is 5.30. The van der Waals surface area contributed by atoms with Gasteiger partial charge in [-0.15, -0.1) is 0 Å². The third kappa shape index (κ3) is 3.14. The molecule has 1 unspecified atom stereocenters. The Labute approximate surface area is 102 Å². The molecule has 1 aromatic heterocycles. The molecule has 94 valence electrons. The van der Waals surface area contributed by atoms with Crippen molar-refractivity contribution in [2.75, 3.05) is 31.1 Å². The number of hydrogen-bond donors (Lipinski definition) is 1. The van der Waals surface area contributed by atoms with Crippen LogP contribution in [-0.4, -0.2) is 42.3 Å². The predicted molar refractivity (Wildman–Crippen MR) is 67.0 cm³/mol. The summed E-state index contributed by atoms with van der Waals surface area (Å²) in [4.78, 5) is 11.0. The number of rotatable bonds is 4. The van der Waals surface area contributed by atoms with Gasteiger partial charge in [-0.25, -0.2) is 9.97 Å². The van der Waals surface area contributed by atoms with Crippen molar-refractivity contribution >= 4 is 5.95 Å². The molecule has 2 rings (SSSR count). The minimum Gasteiger partial charge on any atom is -0.375 e. The zero-order valence-corrected chi connectivity index (χ0v) is 10.3. The van der Waals surface area contributed by atoms with E-state index in [1.165, 1.54) is 0 Å². The van der Waals surface area contributed by atoms with Gasteiger partial charge in [-0.1, -0.05) is 6.92 Å². The Morgan fingerprint density at radius 2 is 2.24 bits per heavy atom. The fraction of sp³-hybridized carbons (Fsp3) is 0.667. The van der Waals surface area contributed by atoms with Crippen molar-refractivity contribution in [3.8, 4) is 0 Å². The van der Waals surface area contributed by atoms with Crippen LogP contribution in [0, 0.1) is 0 Å². The number of aromatic nitrogens is 2. The zero-order valence-electron chi connectivity index (χ0n) is 10.3. The van der Waals surface area contributed by atoms with Crippen molar-refractivity contribution in [3.63, 3.8) is 0 Å². The molecule has 2 heterocycles.